The third-order valence-corrected chi connectivity index (χ3v) is 4.13. The molecule has 2 aliphatic heterocycles. The first kappa shape index (κ1) is 13.3. The van der Waals surface area contributed by atoms with Gasteiger partial charge in [0.05, 0.1) is 5.92 Å². The fourth-order valence-corrected chi connectivity index (χ4v) is 2.70. The van der Waals surface area contributed by atoms with Crippen molar-refractivity contribution in [2.45, 2.75) is 26.2 Å². The first-order chi connectivity index (χ1) is 8.56. The van der Waals surface area contributed by atoms with Crippen LogP contribution in [0.15, 0.2) is 0 Å². The molecule has 2 heterocycles. The van der Waals surface area contributed by atoms with Crippen molar-refractivity contribution >= 4 is 11.9 Å². The molecule has 1 atom stereocenters. The molecule has 5 heteroatoms. The quantitative estimate of drug-likeness (QED) is 0.800. The minimum atomic E-state index is -0.849. The highest BCUT2D eigenvalue weighted by Crippen LogP contribution is 2.19. The number of piperidine rings is 1. The summed E-state index contributed by atoms with van der Waals surface area (Å²) in [5.74, 6) is -0.546. The number of aliphatic carboxylic acids is 1. The Morgan fingerprint density at radius 1 is 1.33 bits per heavy atom. The van der Waals surface area contributed by atoms with E-state index in [1.54, 1.807) is 4.90 Å². The highest BCUT2D eigenvalue weighted by atomic mass is 16.4. The number of hydrogen-bond donors (Lipinski definition) is 1. The Kier molecular flexibility index (Phi) is 4.22. The van der Waals surface area contributed by atoms with Crippen molar-refractivity contribution in [3.8, 4) is 0 Å². The molecular formula is C13H22N2O3. The molecule has 0 spiro atoms. The molecule has 102 valence electrons. The Morgan fingerprint density at radius 2 is 2.00 bits per heavy atom. The summed E-state index contributed by atoms with van der Waals surface area (Å²) < 4.78 is 0. The number of amides is 1. The van der Waals surface area contributed by atoms with Gasteiger partial charge in [-0.05, 0) is 31.8 Å². The van der Waals surface area contributed by atoms with Crippen LogP contribution in [-0.4, -0.2) is 59.5 Å². The van der Waals surface area contributed by atoms with Crippen LogP contribution in [0.25, 0.3) is 0 Å². The lowest BCUT2D eigenvalue weighted by molar-refractivity contribution is -0.141. The molecule has 0 radical (unpaired) electrons. The first-order valence-corrected chi connectivity index (χ1v) is 6.79. The van der Waals surface area contributed by atoms with Crippen LogP contribution in [0.3, 0.4) is 0 Å². The lowest BCUT2D eigenvalue weighted by Gasteiger charge is -2.31. The molecule has 2 saturated heterocycles. The zero-order valence-electron chi connectivity index (χ0n) is 11.0. The molecule has 0 aromatic carbocycles. The van der Waals surface area contributed by atoms with Crippen LogP contribution in [0.1, 0.15) is 26.2 Å². The average Bonchev–Trinajstić information content (AvgIpc) is 2.70. The normalized spacial score (nSPS) is 26.8. The van der Waals surface area contributed by atoms with Crippen LogP contribution in [0.5, 0.6) is 0 Å². The Labute approximate surface area is 108 Å². The standard InChI is InChI=1S/C13H22N2O3/c1-10-2-4-14(5-3-10)6-7-15-9-11(13(17)18)8-12(15)16/h10-11H,2-9H2,1H3,(H,17,18). The van der Waals surface area contributed by atoms with Crippen molar-refractivity contribution in [1.82, 2.24) is 9.80 Å². The smallest absolute Gasteiger partial charge is 0.308 e. The fourth-order valence-electron chi connectivity index (χ4n) is 2.70. The van der Waals surface area contributed by atoms with E-state index >= 15 is 0 Å². The minimum absolute atomic E-state index is 0.00669. The van der Waals surface area contributed by atoms with Crippen molar-refractivity contribution in [3.63, 3.8) is 0 Å². The predicted octanol–water partition coefficient (Wildman–Crippen LogP) is 0.651. The minimum Gasteiger partial charge on any atom is -0.481 e. The van der Waals surface area contributed by atoms with Crippen LogP contribution in [0.4, 0.5) is 0 Å². The van der Waals surface area contributed by atoms with Crippen LogP contribution < -0.4 is 0 Å². The molecule has 1 unspecified atom stereocenters. The molecule has 2 fully saturated rings. The number of carboxylic acid groups (broad SMARTS) is 1. The summed E-state index contributed by atoms with van der Waals surface area (Å²) in [5, 5.41) is 8.91. The van der Waals surface area contributed by atoms with Gasteiger partial charge in [0.1, 0.15) is 0 Å². The molecule has 0 aliphatic carbocycles. The summed E-state index contributed by atoms with van der Waals surface area (Å²) in [5.41, 5.74) is 0. The van der Waals surface area contributed by atoms with Crippen LogP contribution in [-0.2, 0) is 9.59 Å². The Balaban J connectivity index is 1.74. The van der Waals surface area contributed by atoms with Crippen LogP contribution >= 0.6 is 0 Å². The van der Waals surface area contributed by atoms with E-state index in [0.29, 0.717) is 13.1 Å². The second-order valence-electron chi connectivity index (χ2n) is 5.60. The van der Waals surface area contributed by atoms with E-state index < -0.39 is 11.9 Å². The summed E-state index contributed by atoms with van der Waals surface area (Å²) in [7, 11) is 0. The van der Waals surface area contributed by atoms with Gasteiger partial charge in [-0.3, -0.25) is 9.59 Å². The summed E-state index contributed by atoms with van der Waals surface area (Å²) >= 11 is 0. The second-order valence-corrected chi connectivity index (χ2v) is 5.60. The van der Waals surface area contributed by atoms with Gasteiger partial charge in [-0.25, -0.2) is 0 Å². The predicted molar refractivity (Wildman–Crippen MR) is 67.2 cm³/mol. The molecule has 0 saturated carbocycles. The van der Waals surface area contributed by atoms with Gasteiger partial charge < -0.3 is 14.9 Å². The van der Waals surface area contributed by atoms with E-state index in [1.807, 2.05) is 0 Å². The van der Waals surface area contributed by atoms with Gasteiger partial charge >= 0.3 is 5.97 Å². The van der Waals surface area contributed by atoms with Gasteiger partial charge in [-0.2, -0.15) is 0 Å². The van der Waals surface area contributed by atoms with E-state index in [9.17, 15) is 9.59 Å². The Bertz CT molecular complexity index is 324. The van der Waals surface area contributed by atoms with Crippen molar-refractivity contribution in [1.29, 1.82) is 0 Å². The maximum absolute atomic E-state index is 11.7. The van der Waals surface area contributed by atoms with E-state index in [2.05, 4.69) is 11.8 Å². The number of carboxylic acids is 1. The molecule has 2 rings (SSSR count). The molecule has 1 amide bonds. The van der Waals surface area contributed by atoms with Crippen LogP contribution in [0, 0.1) is 11.8 Å². The molecule has 0 aromatic heterocycles. The molecular weight excluding hydrogens is 232 g/mol. The van der Waals surface area contributed by atoms with Gasteiger partial charge in [0.15, 0.2) is 0 Å². The van der Waals surface area contributed by atoms with Gasteiger partial charge in [0, 0.05) is 26.1 Å². The zero-order valence-corrected chi connectivity index (χ0v) is 11.0. The molecule has 0 aromatic rings. The van der Waals surface area contributed by atoms with Gasteiger partial charge in [0.25, 0.3) is 0 Å². The number of carbonyl (C=O) groups is 2. The van der Waals surface area contributed by atoms with Crippen molar-refractivity contribution in [2.75, 3.05) is 32.7 Å². The summed E-state index contributed by atoms with van der Waals surface area (Å²) in [6.07, 6.45) is 2.63. The molecule has 5 nitrogen and oxygen atoms in total. The maximum atomic E-state index is 11.7. The summed E-state index contributed by atoms with van der Waals surface area (Å²) in [6, 6.07) is 0. The monoisotopic (exact) mass is 254 g/mol. The van der Waals surface area contributed by atoms with E-state index in [4.69, 9.17) is 5.11 Å². The largest absolute Gasteiger partial charge is 0.481 e. The van der Waals surface area contributed by atoms with Crippen molar-refractivity contribution in [2.24, 2.45) is 11.8 Å². The fraction of sp³-hybridized carbons (Fsp3) is 0.846. The third kappa shape index (κ3) is 3.22. The summed E-state index contributed by atoms with van der Waals surface area (Å²) in [6.45, 7) is 6.43. The van der Waals surface area contributed by atoms with Gasteiger partial charge in [-0.1, -0.05) is 6.92 Å². The maximum Gasteiger partial charge on any atom is 0.308 e. The Morgan fingerprint density at radius 3 is 2.56 bits per heavy atom. The second kappa shape index (κ2) is 5.69. The Hall–Kier alpha value is -1.10. The molecule has 2 aliphatic rings. The van der Waals surface area contributed by atoms with E-state index in [0.717, 1.165) is 25.6 Å². The van der Waals surface area contributed by atoms with Gasteiger partial charge in [0.2, 0.25) is 5.91 Å². The number of hydrogen-bond acceptors (Lipinski definition) is 3. The highest BCUT2D eigenvalue weighted by Gasteiger charge is 2.34. The average molecular weight is 254 g/mol. The number of rotatable bonds is 4. The SMILES string of the molecule is CC1CCN(CCN2CC(C(=O)O)CC2=O)CC1. The van der Waals surface area contributed by atoms with Crippen LogP contribution in [0.2, 0.25) is 0 Å². The third-order valence-electron chi connectivity index (χ3n) is 4.13. The lowest BCUT2D eigenvalue weighted by Crippen LogP contribution is -2.40. The van der Waals surface area contributed by atoms with E-state index in [-0.39, 0.29) is 12.3 Å². The number of carbonyl (C=O) groups excluding carboxylic acids is 1. The number of nitrogens with zero attached hydrogens (tertiary/aromatic N) is 2. The van der Waals surface area contributed by atoms with E-state index in [1.165, 1.54) is 12.8 Å². The van der Waals surface area contributed by atoms with Crippen molar-refractivity contribution in [3.05, 3.63) is 0 Å². The highest BCUT2D eigenvalue weighted by molar-refractivity contribution is 5.86. The number of likely N-dealkylation sites (tertiary alicyclic amines) is 2. The van der Waals surface area contributed by atoms with Gasteiger partial charge in [-0.15, -0.1) is 0 Å². The zero-order chi connectivity index (χ0) is 13.1. The molecule has 1 N–H and O–H groups in total. The lowest BCUT2D eigenvalue weighted by atomic mass is 9.99. The molecule has 0 bridgehead atoms. The molecule has 18 heavy (non-hydrogen) atoms. The summed E-state index contributed by atoms with van der Waals surface area (Å²) in [4.78, 5) is 26.6. The van der Waals surface area contributed by atoms with Crippen molar-refractivity contribution < 1.29 is 14.7 Å². The topological polar surface area (TPSA) is 60.9 Å². The first-order valence-electron chi connectivity index (χ1n) is 6.79.